The largest absolute Gasteiger partial charge is 0.273 e. The first-order valence-corrected chi connectivity index (χ1v) is 7.95. The Morgan fingerprint density at radius 3 is 2.32 bits per heavy atom. The van der Waals surface area contributed by atoms with E-state index >= 15 is 0 Å². The third-order valence-corrected chi connectivity index (χ3v) is 4.27. The molecule has 0 fully saturated rings. The maximum absolute atomic E-state index is 11.4. The van der Waals surface area contributed by atoms with E-state index in [2.05, 4.69) is 21.7 Å². The monoisotopic (exact) mass is 331 g/mol. The second-order valence-corrected chi connectivity index (χ2v) is 6.02. The highest BCUT2D eigenvalue weighted by Crippen LogP contribution is 2.27. The molecule has 0 aliphatic carbocycles. The lowest BCUT2D eigenvalue weighted by molar-refractivity contribution is -0.121. The van der Waals surface area contributed by atoms with Gasteiger partial charge in [0.1, 0.15) is 6.04 Å². The van der Waals surface area contributed by atoms with Crippen LogP contribution < -0.4 is 5.43 Å². The van der Waals surface area contributed by atoms with Gasteiger partial charge in [0, 0.05) is 12.3 Å². The van der Waals surface area contributed by atoms with Crippen molar-refractivity contribution in [2.24, 2.45) is 16.1 Å². The highest BCUT2D eigenvalue weighted by molar-refractivity contribution is 6.05. The number of carbonyl (C=O) groups excluding carboxylic acids is 1. The molecular formula is C19H17N5O. The first-order valence-electron chi connectivity index (χ1n) is 7.95. The van der Waals surface area contributed by atoms with Gasteiger partial charge in [-0.15, -0.1) is 0 Å². The minimum atomic E-state index is -0.410. The molecule has 2 N–H and O–H groups in total. The minimum absolute atomic E-state index is 0.0646. The number of nitriles is 1. The van der Waals surface area contributed by atoms with Crippen LogP contribution in [0.25, 0.3) is 0 Å². The van der Waals surface area contributed by atoms with Gasteiger partial charge >= 0.3 is 0 Å². The summed E-state index contributed by atoms with van der Waals surface area (Å²) in [6.07, 6.45) is 0.427. The van der Waals surface area contributed by atoms with Gasteiger partial charge in [-0.3, -0.25) is 4.79 Å². The summed E-state index contributed by atoms with van der Waals surface area (Å²) in [7, 11) is 0. The average Bonchev–Trinajstić information content (AvgIpc) is 2.64. The summed E-state index contributed by atoms with van der Waals surface area (Å²) in [5.41, 5.74) is 14.2. The standard InChI is InChI=1S/C19H17N5O/c1-12-10-17(25)23-24-18(12)14-6-8-16(9-7-14)19(22-21)15-4-2-13(11-20)3-5-15/h2-9,12,19,21H,10H2,1H3,(H,23,25). The normalized spacial score (nSPS) is 17.8. The summed E-state index contributed by atoms with van der Waals surface area (Å²) in [5, 5.41) is 16.8. The fraction of sp³-hybridized carbons (Fsp3) is 0.211. The van der Waals surface area contributed by atoms with E-state index < -0.39 is 6.04 Å². The van der Waals surface area contributed by atoms with Gasteiger partial charge in [0.2, 0.25) is 5.91 Å². The van der Waals surface area contributed by atoms with Crippen LogP contribution in [0.5, 0.6) is 0 Å². The van der Waals surface area contributed by atoms with Crippen LogP contribution in [0.1, 0.15) is 41.6 Å². The molecule has 0 bridgehead atoms. The van der Waals surface area contributed by atoms with Crippen molar-refractivity contribution in [1.82, 2.24) is 5.43 Å². The van der Waals surface area contributed by atoms with E-state index in [1.165, 1.54) is 0 Å². The second kappa shape index (κ2) is 7.05. The lowest BCUT2D eigenvalue weighted by atomic mass is 9.92. The van der Waals surface area contributed by atoms with Crippen LogP contribution in [-0.4, -0.2) is 11.6 Å². The Morgan fingerprint density at radius 2 is 1.80 bits per heavy atom. The Hall–Kier alpha value is -3.33. The van der Waals surface area contributed by atoms with Gasteiger partial charge in [-0.25, -0.2) is 11.0 Å². The first-order chi connectivity index (χ1) is 12.1. The summed E-state index contributed by atoms with van der Waals surface area (Å²) in [6.45, 7) is 1.98. The van der Waals surface area contributed by atoms with Crippen LogP contribution in [0.2, 0.25) is 0 Å². The van der Waals surface area contributed by atoms with Crippen molar-refractivity contribution in [2.45, 2.75) is 19.4 Å². The molecule has 124 valence electrons. The van der Waals surface area contributed by atoms with Crippen molar-refractivity contribution in [3.63, 3.8) is 0 Å². The van der Waals surface area contributed by atoms with Crippen molar-refractivity contribution in [3.05, 3.63) is 70.8 Å². The van der Waals surface area contributed by atoms with E-state index in [4.69, 9.17) is 10.8 Å². The summed E-state index contributed by atoms with van der Waals surface area (Å²) in [4.78, 5) is 11.4. The Labute approximate surface area is 145 Å². The molecule has 6 heteroatoms. The lowest BCUT2D eigenvalue weighted by Gasteiger charge is -2.19. The van der Waals surface area contributed by atoms with Crippen molar-refractivity contribution < 1.29 is 4.79 Å². The van der Waals surface area contributed by atoms with Crippen molar-refractivity contribution >= 4 is 11.6 Å². The molecule has 2 aromatic carbocycles. The molecule has 2 unspecified atom stereocenters. The molecule has 6 nitrogen and oxygen atoms in total. The first kappa shape index (κ1) is 16.5. The topological polar surface area (TPSA) is 101 Å². The van der Waals surface area contributed by atoms with Crippen molar-refractivity contribution in [3.8, 4) is 6.07 Å². The van der Waals surface area contributed by atoms with Gasteiger partial charge in [-0.05, 0) is 28.8 Å². The molecular weight excluding hydrogens is 314 g/mol. The molecule has 3 rings (SSSR count). The van der Waals surface area contributed by atoms with Crippen LogP contribution in [0.4, 0.5) is 0 Å². The van der Waals surface area contributed by atoms with Crippen LogP contribution in [0, 0.1) is 22.8 Å². The summed E-state index contributed by atoms with van der Waals surface area (Å²) >= 11 is 0. The molecule has 0 aromatic heterocycles. The number of nitrogens with one attached hydrogen (secondary N) is 2. The molecule has 1 amide bonds. The van der Waals surface area contributed by atoms with E-state index in [0.717, 1.165) is 22.4 Å². The van der Waals surface area contributed by atoms with Crippen LogP contribution in [-0.2, 0) is 4.79 Å². The van der Waals surface area contributed by atoms with Crippen molar-refractivity contribution in [1.29, 1.82) is 10.8 Å². The number of hydrazone groups is 1. The number of benzene rings is 2. The second-order valence-electron chi connectivity index (χ2n) is 6.02. The summed E-state index contributed by atoms with van der Waals surface area (Å²) < 4.78 is 0. The molecule has 0 spiro atoms. The molecule has 2 aromatic rings. The zero-order valence-electron chi connectivity index (χ0n) is 13.7. The SMILES string of the molecule is CC1CC(=O)NN=C1c1ccc(C(N=N)c2ccc(C#N)cc2)cc1. The summed E-state index contributed by atoms with van der Waals surface area (Å²) in [6, 6.07) is 16.5. The number of amides is 1. The van der Waals surface area contributed by atoms with E-state index in [0.29, 0.717) is 12.0 Å². The number of nitrogens with zero attached hydrogens (tertiary/aromatic N) is 3. The molecule has 1 heterocycles. The molecule has 1 aliphatic heterocycles. The van der Waals surface area contributed by atoms with Gasteiger partial charge in [-0.2, -0.15) is 15.5 Å². The van der Waals surface area contributed by atoms with Crippen LogP contribution in [0.15, 0.2) is 58.7 Å². The zero-order chi connectivity index (χ0) is 17.8. The Bertz CT molecular complexity index is 862. The Kier molecular flexibility index (Phi) is 4.66. The third kappa shape index (κ3) is 3.45. The van der Waals surface area contributed by atoms with Gasteiger partial charge < -0.3 is 0 Å². The average molecular weight is 331 g/mol. The zero-order valence-corrected chi connectivity index (χ0v) is 13.7. The number of hydrogen-bond donors (Lipinski definition) is 2. The van der Waals surface area contributed by atoms with Gasteiger partial charge in [0.15, 0.2) is 0 Å². The lowest BCUT2D eigenvalue weighted by Crippen LogP contribution is -2.31. The van der Waals surface area contributed by atoms with Crippen LogP contribution in [0.3, 0.4) is 0 Å². The molecule has 2 atom stereocenters. The molecule has 1 aliphatic rings. The third-order valence-electron chi connectivity index (χ3n) is 4.27. The predicted molar refractivity (Wildman–Crippen MR) is 93.1 cm³/mol. The highest BCUT2D eigenvalue weighted by atomic mass is 16.2. The van der Waals surface area contributed by atoms with Crippen molar-refractivity contribution in [2.75, 3.05) is 0 Å². The van der Waals surface area contributed by atoms with E-state index in [1.807, 2.05) is 43.3 Å². The Morgan fingerprint density at radius 1 is 1.20 bits per heavy atom. The molecule has 0 radical (unpaired) electrons. The maximum Gasteiger partial charge on any atom is 0.240 e. The number of rotatable bonds is 4. The molecule has 0 saturated heterocycles. The highest BCUT2D eigenvalue weighted by Gasteiger charge is 2.22. The van der Waals surface area contributed by atoms with E-state index in [-0.39, 0.29) is 11.8 Å². The summed E-state index contributed by atoms with van der Waals surface area (Å²) in [5.74, 6) is -0.00320. The Balaban J connectivity index is 1.86. The smallest absolute Gasteiger partial charge is 0.240 e. The fourth-order valence-corrected chi connectivity index (χ4v) is 2.92. The number of carbonyl (C=O) groups is 1. The minimum Gasteiger partial charge on any atom is -0.273 e. The molecule has 25 heavy (non-hydrogen) atoms. The number of hydrogen-bond acceptors (Lipinski definition) is 5. The molecule has 0 saturated carbocycles. The maximum atomic E-state index is 11.4. The quantitative estimate of drug-likeness (QED) is 0.837. The van der Waals surface area contributed by atoms with Gasteiger partial charge in [-0.1, -0.05) is 43.3 Å². The van der Waals surface area contributed by atoms with Gasteiger partial charge in [0.05, 0.1) is 17.3 Å². The van der Waals surface area contributed by atoms with E-state index in [9.17, 15) is 4.79 Å². The van der Waals surface area contributed by atoms with Crippen LogP contribution >= 0.6 is 0 Å². The van der Waals surface area contributed by atoms with Gasteiger partial charge in [0.25, 0.3) is 0 Å². The predicted octanol–water partition coefficient (Wildman–Crippen LogP) is 3.54. The van der Waals surface area contributed by atoms with E-state index in [1.54, 1.807) is 12.1 Å². The fourth-order valence-electron chi connectivity index (χ4n) is 2.92.